The summed E-state index contributed by atoms with van der Waals surface area (Å²) in [4.78, 5) is 0.494. The predicted octanol–water partition coefficient (Wildman–Crippen LogP) is 5.71. The van der Waals surface area contributed by atoms with Crippen LogP contribution >= 0.6 is 0 Å². The third-order valence-electron chi connectivity index (χ3n) is 6.52. The smallest absolute Gasteiger partial charge is 0.206 e. The van der Waals surface area contributed by atoms with E-state index in [0.29, 0.717) is 28.6 Å². The molecule has 0 radical (unpaired) electrons. The standard InChI is InChI=1S/C29H27NO6S/c1-33-24-15-14-21-22-16-25(34-2)26(35-3)17-23(22)30(28(21)29(24)36-4)18-19-10-8-9-13-27(19)37(31,32)20-11-6-5-7-12-20/h5-17H,18H2,1-4H3. The topological polar surface area (TPSA) is 76.0 Å². The van der Waals surface area contributed by atoms with E-state index in [1.54, 1.807) is 70.9 Å². The van der Waals surface area contributed by atoms with Crippen LogP contribution in [0.5, 0.6) is 23.0 Å². The summed E-state index contributed by atoms with van der Waals surface area (Å²) >= 11 is 0. The van der Waals surface area contributed by atoms with Crippen LogP contribution in [0.2, 0.25) is 0 Å². The molecule has 7 nitrogen and oxygen atoms in total. The summed E-state index contributed by atoms with van der Waals surface area (Å²) < 4.78 is 51.8. The molecule has 190 valence electrons. The quantitative estimate of drug-likeness (QED) is 0.262. The van der Waals surface area contributed by atoms with Crippen molar-refractivity contribution in [2.24, 2.45) is 0 Å². The minimum absolute atomic E-state index is 0.246. The van der Waals surface area contributed by atoms with Crippen molar-refractivity contribution in [3.63, 3.8) is 0 Å². The molecule has 1 aromatic heterocycles. The highest BCUT2D eigenvalue weighted by Gasteiger charge is 2.24. The average Bonchev–Trinajstić information content (AvgIpc) is 3.24. The third kappa shape index (κ3) is 4.03. The molecule has 0 saturated carbocycles. The monoisotopic (exact) mass is 517 g/mol. The fourth-order valence-corrected chi connectivity index (χ4v) is 6.29. The Morgan fingerprint density at radius 2 is 1.32 bits per heavy atom. The first-order chi connectivity index (χ1) is 17.9. The molecule has 0 saturated heterocycles. The van der Waals surface area contributed by atoms with Crippen LogP contribution in [-0.4, -0.2) is 41.4 Å². The molecule has 0 fully saturated rings. The molecule has 0 aliphatic rings. The van der Waals surface area contributed by atoms with Gasteiger partial charge in [-0.25, -0.2) is 8.42 Å². The van der Waals surface area contributed by atoms with E-state index in [9.17, 15) is 8.42 Å². The van der Waals surface area contributed by atoms with Crippen molar-refractivity contribution in [3.8, 4) is 23.0 Å². The molecular weight excluding hydrogens is 490 g/mol. The molecule has 0 N–H and O–H groups in total. The molecule has 0 amide bonds. The summed E-state index contributed by atoms with van der Waals surface area (Å²) in [7, 11) is 2.61. The van der Waals surface area contributed by atoms with Gasteiger partial charge in [-0.15, -0.1) is 0 Å². The molecule has 4 aromatic carbocycles. The fraction of sp³-hybridized carbons (Fsp3) is 0.172. The van der Waals surface area contributed by atoms with Crippen molar-refractivity contribution in [1.82, 2.24) is 4.57 Å². The van der Waals surface area contributed by atoms with Gasteiger partial charge < -0.3 is 23.5 Å². The maximum absolute atomic E-state index is 13.6. The summed E-state index contributed by atoms with van der Waals surface area (Å²) in [5, 5.41) is 1.83. The maximum atomic E-state index is 13.6. The van der Waals surface area contributed by atoms with Crippen molar-refractivity contribution >= 4 is 31.6 Å². The van der Waals surface area contributed by atoms with Gasteiger partial charge in [-0.05, 0) is 42.0 Å². The zero-order valence-corrected chi connectivity index (χ0v) is 21.8. The maximum Gasteiger partial charge on any atom is 0.206 e. The van der Waals surface area contributed by atoms with Gasteiger partial charge in [0.1, 0.15) is 0 Å². The van der Waals surface area contributed by atoms with E-state index in [1.165, 1.54) is 0 Å². The zero-order valence-electron chi connectivity index (χ0n) is 21.0. The van der Waals surface area contributed by atoms with Gasteiger partial charge in [0.25, 0.3) is 0 Å². The van der Waals surface area contributed by atoms with Gasteiger partial charge >= 0.3 is 0 Å². The SMILES string of the molecule is COc1cc2c3ccc(OC)c(OC)c3n(Cc3ccccc3S(=O)(=O)c3ccccc3)c2cc1OC. The van der Waals surface area contributed by atoms with Crippen LogP contribution in [-0.2, 0) is 16.4 Å². The number of aromatic nitrogens is 1. The van der Waals surface area contributed by atoms with Gasteiger partial charge in [0.15, 0.2) is 23.0 Å². The highest BCUT2D eigenvalue weighted by molar-refractivity contribution is 7.91. The molecule has 0 atom stereocenters. The van der Waals surface area contributed by atoms with E-state index in [-0.39, 0.29) is 16.3 Å². The van der Waals surface area contributed by atoms with Crippen LogP contribution < -0.4 is 18.9 Å². The van der Waals surface area contributed by atoms with Crippen LogP contribution in [0.4, 0.5) is 0 Å². The first-order valence-electron chi connectivity index (χ1n) is 11.6. The molecule has 0 aliphatic carbocycles. The lowest BCUT2D eigenvalue weighted by Crippen LogP contribution is -2.09. The summed E-state index contributed by atoms with van der Waals surface area (Å²) in [5.74, 6) is 2.28. The summed E-state index contributed by atoms with van der Waals surface area (Å²) in [6.07, 6.45) is 0. The minimum atomic E-state index is -3.75. The van der Waals surface area contributed by atoms with Gasteiger partial charge in [-0.2, -0.15) is 0 Å². The molecule has 5 rings (SSSR count). The molecule has 37 heavy (non-hydrogen) atoms. The largest absolute Gasteiger partial charge is 0.493 e. The van der Waals surface area contributed by atoms with Crippen LogP contribution in [0.25, 0.3) is 21.8 Å². The normalized spacial score (nSPS) is 11.6. The second kappa shape index (κ2) is 9.71. The lowest BCUT2D eigenvalue weighted by Gasteiger charge is -2.16. The van der Waals surface area contributed by atoms with E-state index in [2.05, 4.69) is 0 Å². The predicted molar refractivity (Wildman–Crippen MR) is 143 cm³/mol. The Bertz CT molecular complexity index is 1710. The Balaban J connectivity index is 1.81. The van der Waals surface area contributed by atoms with Crippen molar-refractivity contribution in [1.29, 1.82) is 0 Å². The Kier molecular flexibility index (Phi) is 6.43. The van der Waals surface area contributed by atoms with E-state index in [1.807, 2.05) is 41.0 Å². The van der Waals surface area contributed by atoms with Gasteiger partial charge in [0.2, 0.25) is 9.84 Å². The van der Waals surface area contributed by atoms with Crippen LogP contribution in [0.15, 0.2) is 88.7 Å². The van der Waals surface area contributed by atoms with E-state index in [0.717, 1.165) is 21.8 Å². The number of hydrogen-bond acceptors (Lipinski definition) is 6. The lowest BCUT2D eigenvalue weighted by atomic mass is 10.1. The van der Waals surface area contributed by atoms with Crippen LogP contribution in [0, 0.1) is 0 Å². The van der Waals surface area contributed by atoms with Crippen LogP contribution in [0.3, 0.4) is 0 Å². The van der Waals surface area contributed by atoms with Gasteiger partial charge in [-0.3, -0.25) is 0 Å². The number of fused-ring (bicyclic) bond motifs is 3. The second-order valence-electron chi connectivity index (χ2n) is 8.43. The van der Waals surface area contributed by atoms with Crippen molar-refractivity contribution in [3.05, 3.63) is 84.4 Å². The highest BCUT2D eigenvalue weighted by Crippen LogP contribution is 2.44. The number of hydrogen-bond donors (Lipinski definition) is 0. The van der Waals surface area contributed by atoms with E-state index < -0.39 is 9.84 Å². The molecule has 0 bridgehead atoms. The van der Waals surface area contributed by atoms with Gasteiger partial charge in [-0.1, -0.05) is 36.4 Å². The Morgan fingerprint density at radius 3 is 2.00 bits per heavy atom. The first-order valence-corrected chi connectivity index (χ1v) is 13.1. The minimum Gasteiger partial charge on any atom is -0.493 e. The highest BCUT2D eigenvalue weighted by atomic mass is 32.2. The molecule has 0 aliphatic heterocycles. The van der Waals surface area contributed by atoms with Gasteiger partial charge in [0.05, 0.1) is 49.3 Å². The average molecular weight is 518 g/mol. The summed E-state index contributed by atoms with van der Waals surface area (Å²) in [5.41, 5.74) is 2.26. The summed E-state index contributed by atoms with van der Waals surface area (Å²) in [6.45, 7) is 0.265. The first kappa shape index (κ1) is 24.5. The zero-order chi connectivity index (χ0) is 26.2. The molecule has 0 spiro atoms. The molecule has 0 unspecified atom stereocenters. The lowest BCUT2D eigenvalue weighted by molar-refractivity contribution is 0.355. The second-order valence-corrected chi connectivity index (χ2v) is 10.4. The number of rotatable bonds is 8. The Labute approximate surface area is 215 Å². The van der Waals surface area contributed by atoms with Crippen molar-refractivity contribution in [2.75, 3.05) is 28.4 Å². The van der Waals surface area contributed by atoms with Gasteiger partial charge in [0, 0.05) is 23.4 Å². The number of benzene rings is 4. The van der Waals surface area contributed by atoms with E-state index in [4.69, 9.17) is 18.9 Å². The van der Waals surface area contributed by atoms with Crippen molar-refractivity contribution < 1.29 is 27.4 Å². The molecule has 8 heteroatoms. The number of nitrogens with zero attached hydrogens (tertiary/aromatic N) is 1. The third-order valence-corrected chi connectivity index (χ3v) is 8.39. The van der Waals surface area contributed by atoms with E-state index >= 15 is 0 Å². The molecular formula is C29H27NO6S. The number of methoxy groups -OCH3 is 4. The molecule has 1 heterocycles. The van der Waals surface area contributed by atoms with Crippen LogP contribution in [0.1, 0.15) is 5.56 Å². The van der Waals surface area contributed by atoms with Crippen molar-refractivity contribution in [2.45, 2.75) is 16.3 Å². The Hall–Kier alpha value is -4.17. The summed E-state index contributed by atoms with van der Waals surface area (Å²) in [6, 6.07) is 23.2. The number of sulfone groups is 1. The fourth-order valence-electron chi connectivity index (χ4n) is 4.78. The number of ether oxygens (including phenoxy) is 4. The Morgan fingerprint density at radius 1 is 0.676 bits per heavy atom. The molecule has 5 aromatic rings.